The van der Waals surface area contributed by atoms with Crippen LogP contribution >= 0.6 is 11.6 Å². The maximum Gasteiger partial charge on any atom is 0.334 e. The van der Waals surface area contributed by atoms with E-state index in [-0.39, 0.29) is 18.3 Å². The number of nitrogens with two attached hydrogens (primary N) is 1. The Hall–Kier alpha value is -3.36. The number of halogens is 1. The molecule has 2 aliphatic heterocycles. The van der Waals surface area contributed by atoms with Crippen molar-refractivity contribution in [3.05, 3.63) is 64.8 Å². The number of rotatable bonds is 4. The zero-order valence-corrected chi connectivity index (χ0v) is 17.7. The molecule has 0 radical (unpaired) electrons. The lowest BCUT2D eigenvalue weighted by Crippen LogP contribution is -2.43. The number of carbonyl (C=O) groups is 1. The Morgan fingerprint density at radius 1 is 1.26 bits per heavy atom. The van der Waals surface area contributed by atoms with Crippen LogP contribution in [0.2, 0.25) is 5.02 Å². The topological polar surface area (TPSA) is 118 Å². The molecule has 0 bridgehead atoms. The highest BCUT2D eigenvalue weighted by Gasteiger charge is 2.28. The first-order chi connectivity index (χ1) is 14.8. The Morgan fingerprint density at radius 3 is 2.61 bits per heavy atom. The van der Waals surface area contributed by atoms with Crippen molar-refractivity contribution < 1.29 is 9.90 Å². The SMILES string of the molecule is CC(N)N1C(=N)CCN(c2ccc(Cl)cc2)c2cc(C3=NCC(C(=O)O)=CN3)ccc21. The molecule has 0 fully saturated rings. The smallest absolute Gasteiger partial charge is 0.334 e. The van der Waals surface area contributed by atoms with Gasteiger partial charge < -0.3 is 26.0 Å². The summed E-state index contributed by atoms with van der Waals surface area (Å²) in [7, 11) is 0. The molecule has 8 nitrogen and oxygen atoms in total. The van der Waals surface area contributed by atoms with Crippen molar-refractivity contribution in [3.63, 3.8) is 0 Å². The molecular formula is C22H23ClN6O2. The monoisotopic (exact) mass is 438 g/mol. The molecular weight excluding hydrogens is 416 g/mol. The number of amidine groups is 2. The van der Waals surface area contributed by atoms with E-state index in [1.807, 2.05) is 54.3 Å². The Kier molecular flexibility index (Phi) is 5.67. The van der Waals surface area contributed by atoms with Crippen LogP contribution in [-0.2, 0) is 4.79 Å². The fourth-order valence-electron chi connectivity index (χ4n) is 3.76. The quantitative estimate of drug-likeness (QED) is 0.581. The van der Waals surface area contributed by atoms with Crippen molar-refractivity contribution in [3.8, 4) is 0 Å². The van der Waals surface area contributed by atoms with E-state index < -0.39 is 5.97 Å². The lowest BCUT2D eigenvalue weighted by atomic mass is 10.1. The van der Waals surface area contributed by atoms with Crippen molar-refractivity contribution in [1.82, 2.24) is 5.32 Å². The first kappa shape index (κ1) is 20.9. The maximum atomic E-state index is 11.2. The second-order valence-electron chi connectivity index (χ2n) is 7.42. The van der Waals surface area contributed by atoms with Gasteiger partial charge in [-0.1, -0.05) is 11.6 Å². The fraction of sp³-hybridized carbons (Fsp3) is 0.227. The van der Waals surface area contributed by atoms with Crippen molar-refractivity contribution >= 4 is 46.3 Å². The number of carboxylic acids is 1. The zero-order chi connectivity index (χ0) is 22.1. The van der Waals surface area contributed by atoms with Crippen LogP contribution < -0.4 is 20.9 Å². The standard InChI is InChI=1S/C22H23ClN6O2/c1-13(24)29-18-7-2-14(21-26-11-15(12-27-21)22(30)31)10-19(18)28(9-8-20(29)25)17-5-3-16(23)4-6-17/h2-7,10-11,13,25H,8-9,12,24H2,1H3,(H,26,27)(H,30,31). The molecule has 2 aromatic rings. The molecule has 9 heteroatoms. The average molecular weight is 439 g/mol. The van der Waals surface area contributed by atoms with E-state index in [9.17, 15) is 4.79 Å². The van der Waals surface area contributed by atoms with Crippen LogP contribution in [0.25, 0.3) is 0 Å². The van der Waals surface area contributed by atoms with Gasteiger partial charge in [0.05, 0.1) is 29.7 Å². The van der Waals surface area contributed by atoms with Crippen molar-refractivity contribution in [2.24, 2.45) is 10.7 Å². The summed E-state index contributed by atoms with van der Waals surface area (Å²) < 4.78 is 0. The van der Waals surface area contributed by atoms with Crippen LogP contribution in [0.4, 0.5) is 17.1 Å². The number of aliphatic imine (C=N–C) groups is 1. The molecule has 1 unspecified atom stereocenters. The minimum atomic E-state index is -0.989. The van der Waals surface area contributed by atoms with Crippen LogP contribution in [0.5, 0.6) is 0 Å². The van der Waals surface area contributed by atoms with Gasteiger partial charge >= 0.3 is 5.97 Å². The minimum Gasteiger partial charge on any atom is -0.478 e. The van der Waals surface area contributed by atoms with E-state index >= 15 is 0 Å². The van der Waals surface area contributed by atoms with Gasteiger partial charge in [-0.3, -0.25) is 10.4 Å². The zero-order valence-electron chi connectivity index (χ0n) is 17.0. The molecule has 0 aliphatic carbocycles. The Bertz CT molecular complexity index is 1090. The normalized spacial score (nSPS) is 17.2. The van der Waals surface area contributed by atoms with Gasteiger partial charge in [-0.2, -0.15) is 0 Å². The molecule has 31 heavy (non-hydrogen) atoms. The predicted molar refractivity (Wildman–Crippen MR) is 124 cm³/mol. The summed E-state index contributed by atoms with van der Waals surface area (Å²) >= 11 is 6.08. The molecule has 160 valence electrons. The molecule has 0 spiro atoms. The first-order valence-corrected chi connectivity index (χ1v) is 10.3. The molecule has 2 aliphatic rings. The summed E-state index contributed by atoms with van der Waals surface area (Å²) in [6.45, 7) is 2.56. The van der Waals surface area contributed by atoms with Gasteiger partial charge in [0.1, 0.15) is 11.7 Å². The third-order valence-corrected chi connectivity index (χ3v) is 5.53. The van der Waals surface area contributed by atoms with Gasteiger partial charge in [0.25, 0.3) is 0 Å². The average Bonchev–Trinajstić information content (AvgIpc) is 2.90. The largest absolute Gasteiger partial charge is 0.478 e. The maximum absolute atomic E-state index is 11.2. The molecule has 0 aromatic heterocycles. The number of nitrogens with one attached hydrogen (secondary N) is 2. The lowest BCUT2D eigenvalue weighted by molar-refractivity contribution is -0.132. The van der Waals surface area contributed by atoms with Crippen molar-refractivity contribution in [1.29, 1.82) is 5.41 Å². The number of carboxylic acid groups (broad SMARTS) is 1. The Labute approximate surface area is 185 Å². The predicted octanol–water partition coefficient (Wildman–Crippen LogP) is 3.29. The van der Waals surface area contributed by atoms with Gasteiger partial charge in [-0.05, 0) is 49.4 Å². The number of fused-ring (bicyclic) bond motifs is 1. The number of hydrogen-bond donors (Lipinski definition) is 4. The lowest BCUT2D eigenvalue weighted by Gasteiger charge is -2.30. The van der Waals surface area contributed by atoms with Gasteiger partial charge in [-0.25, -0.2) is 4.79 Å². The fourth-order valence-corrected chi connectivity index (χ4v) is 3.89. The van der Waals surface area contributed by atoms with E-state index in [0.29, 0.717) is 29.7 Å². The summed E-state index contributed by atoms with van der Waals surface area (Å²) in [6, 6.07) is 13.4. The number of benzene rings is 2. The summed E-state index contributed by atoms with van der Waals surface area (Å²) in [5.74, 6) is 0.0513. The van der Waals surface area contributed by atoms with Crippen LogP contribution in [0.3, 0.4) is 0 Å². The van der Waals surface area contributed by atoms with Gasteiger partial charge in [-0.15, -0.1) is 0 Å². The van der Waals surface area contributed by atoms with E-state index in [2.05, 4.69) is 15.2 Å². The Balaban J connectivity index is 1.79. The third-order valence-electron chi connectivity index (χ3n) is 5.27. The van der Waals surface area contributed by atoms with Gasteiger partial charge in [0.2, 0.25) is 0 Å². The molecule has 5 N–H and O–H groups in total. The van der Waals surface area contributed by atoms with Crippen LogP contribution in [0, 0.1) is 5.41 Å². The third kappa shape index (κ3) is 4.12. The summed E-state index contributed by atoms with van der Waals surface area (Å²) in [4.78, 5) is 19.5. The highest BCUT2D eigenvalue weighted by Crippen LogP contribution is 2.39. The van der Waals surface area contributed by atoms with Crippen LogP contribution in [0.1, 0.15) is 18.9 Å². The highest BCUT2D eigenvalue weighted by molar-refractivity contribution is 6.30. The van der Waals surface area contributed by atoms with Crippen molar-refractivity contribution in [2.45, 2.75) is 19.5 Å². The minimum absolute atomic E-state index is 0.103. The van der Waals surface area contributed by atoms with E-state index in [1.165, 1.54) is 6.20 Å². The molecule has 2 aromatic carbocycles. The van der Waals surface area contributed by atoms with E-state index in [0.717, 1.165) is 22.6 Å². The summed E-state index contributed by atoms with van der Waals surface area (Å²) in [5, 5.41) is 21.3. The second kappa shape index (κ2) is 8.41. The van der Waals surface area contributed by atoms with Crippen LogP contribution in [-0.4, -0.2) is 42.0 Å². The Morgan fingerprint density at radius 2 is 2.00 bits per heavy atom. The van der Waals surface area contributed by atoms with Crippen molar-refractivity contribution in [2.75, 3.05) is 22.9 Å². The van der Waals surface area contributed by atoms with E-state index in [4.69, 9.17) is 27.9 Å². The number of hydrogen-bond acceptors (Lipinski definition) is 6. The molecule has 2 heterocycles. The molecule has 1 atom stereocenters. The molecule has 0 saturated carbocycles. The molecule has 4 rings (SSSR count). The number of anilines is 3. The molecule has 0 amide bonds. The van der Waals surface area contributed by atoms with E-state index in [1.54, 1.807) is 0 Å². The molecule has 0 saturated heterocycles. The summed E-state index contributed by atoms with van der Waals surface area (Å²) in [6.07, 6.45) is 1.63. The summed E-state index contributed by atoms with van der Waals surface area (Å²) in [5.41, 5.74) is 9.91. The van der Waals surface area contributed by atoms with Gasteiger partial charge in [0, 0.05) is 35.4 Å². The van der Waals surface area contributed by atoms with Crippen LogP contribution in [0.15, 0.2) is 59.2 Å². The number of nitrogens with zero attached hydrogens (tertiary/aromatic N) is 3. The van der Waals surface area contributed by atoms with Gasteiger partial charge in [0.15, 0.2) is 0 Å². The highest BCUT2D eigenvalue weighted by atomic mass is 35.5. The number of aliphatic carboxylic acids is 1. The first-order valence-electron chi connectivity index (χ1n) is 9.88. The second-order valence-corrected chi connectivity index (χ2v) is 7.86.